The number of hydrogen-bond acceptors (Lipinski definition) is 4. The number of hydrazone groups is 1. The van der Waals surface area contributed by atoms with Gasteiger partial charge in [0.25, 0.3) is 0 Å². The summed E-state index contributed by atoms with van der Waals surface area (Å²) in [6.07, 6.45) is 3.86. The number of carbonyl (C=O) groups is 1. The molecule has 0 unspecified atom stereocenters. The maximum atomic E-state index is 12.1. The Morgan fingerprint density at radius 3 is 2.71 bits per heavy atom. The predicted molar refractivity (Wildman–Crippen MR) is 98.4 cm³/mol. The van der Waals surface area contributed by atoms with Gasteiger partial charge in [-0.05, 0) is 36.1 Å². The van der Waals surface area contributed by atoms with E-state index in [1.807, 2.05) is 66.4 Å². The van der Waals surface area contributed by atoms with Crippen molar-refractivity contribution >= 4 is 34.9 Å². The maximum absolute atomic E-state index is 12.1. The molecular weight excluding hydrogens is 320 g/mol. The first-order valence-electron chi connectivity index (χ1n) is 7.53. The van der Waals surface area contributed by atoms with E-state index in [2.05, 4.69) is 15.5 Å². The zero-order chi connectivity index (χ0) is 16.9. The maximum Gasteiger partial charge on any atom is 0.247 e. The molecule has 0 radical (unpaired) electrons. The smallest absolute Gasteiger partial charge is 0.247 e. The zero-order valence-corrected chi connectivity index (χ0v) is 14.4. The summed E-state index contributed by atoms with van der Waals surface area (Å²) >= 11 is 1.69. The fraction of sp³-hybridized carbons (Fsp3) is 0.167. The van der Waals surface area contributed by atoms with E-state index < -0.39 is 0 Å². The lowest BCUT2D eigenvalue weighted by molar-refractivity contribution is -0.120. The molecule has 0 aliphatic carbocycles. The second kappa shape index (κ2) is 7.31. The Balaban J connectivity index is 1.62. The van der Waals surface area contributed by atoms with Crippen molar-refractivity contribution in [3.8, 4) is 0 Å². The van der Waals surface area contributed by atoms with Crippen LogP contribution in [0.15, 0.2) is 58.5 Å². The standard InChI is InChI=1S/C18H18N4OS/c1-22-16-6-4-3-5-15(16)20-17(22)11-18(23)21-19-12-13-7-9-14(24-2)10-8-13/h3-10,12H,11H2,1-2H3,(H,21,23)/b19-12+. The molecule has 122 valence electrons. The van der Waals surface area contributed by atoms with Crippen LogP contribution in [0, 0.1) is 0 Å². The average molecular weight is 338 g/mol. The fourth-order valence-corrected chi connectivity index (χ4v) is 2.81. The number of thioether (sulfide) groups is 1. The normalized spacial score (nSPS) is 11.2. The number of rotatable bonds is 5. The van der Waals surface area contributed by atoms with E-state index in [1.54, 1.807) is 18.0 Å². The van der Waals surface area contributed by atoms with Gasteiger partial charge in [-0.2, -0.15) is 5.10 Å². The fourth-order valence-electron chi connectivity index (χ4n) is 2.41. The van der Waals surface area contributed by atoms with Gasteiger partial charge in [-0.15, -0.1) is 11.8 Å². The highest BCUT2D eigenvalue weighted by atomic mass is 32.2. The van der Waals surface area contributed by atoms with Crippen LogP contribution in [0.5, 0.6) is 0 Å². The average Bonchev–Trinajstić information content (AvgIpc) is 2.92. The number of aryl methyl sites for hydroxylation is 1. The lowest BCUT2D eigenvalue weighted by Gasteiger charge is -2.01. The highest BCUT2D eigenvalue weighted by Crippen LogP contribution is 2.15. The van der Waals surface area contributed by atoms with E-state index in [1.165, 1.54) is 4.90 Å². The Kier molecular flexibility index (Phi) is 4.96. The highest BCUT2D eigenvalue weighted by Gasteiger charge is 2.10. The number of aromatic nitrogens is 2. The molecule has 2 aromatic carbocycles. The first kappa shape index (κ1) is 16.3. The quantitative estimate of drug-likeness (QED) is 0.442. The van der Waals surface area contributed by atoms with Crippen LogP contribution in [0.2, 0.25) is 0 Å². The lowest BCUT2D eigenvalue weighted by Crippen LogP contribution is -2.21. The molecule has 6 heteroatoms. The number of amides is 1. The van der Waals surface area contributed by atoms with E-state index >= 15 is 0 Å². The third kappa shape index (κ3) is 3.65. The largest absolute Gasteiger partial charge is 0.331 e. The van der Waals surface area contributed by atoms with Crippen LogP contribution in [-0.2, 0) is 18.3 Å². The Morgan fingerprint density at radius 1 is 1.25 bits per heavy atom. The van der Waals surface area contributed by atoms with Crippen LogP contribution in [0.3, 0.4) is 0 Å². The zero-order valence-electron chi connectivity index (χ0n) is 13.6. The van der Waals surface area contributed by atoms with Gasteiger partial charge in [-0.1, -0.05) is 24.3 Å². The summed E-state index contributed by atoms with van der Waals surface area (Å²) in [4.78, 5) is 17.7. The minimum atomic E-state index is -0.189. The molecule has 5 nitrogen and oxygen atoms in total. The van der Waals surface area contributed by atoms with E-state index in [9.17, 15) is 4.79 Å². The van der Waals surface area contributed by atoms with Crippen molar-refractivity contribution < 1.29 is 4.79 Å². The molecule has 0 saturated heterocycles. The minimum absolute atomic E-state index is 0.188. The molecule has 0 atom stereocenters. The molecular formula is C18H18N4OS. The van der Waals surface area contributed by atoms with Crippen LogP contribution in [0.4, 0.5) is 0 Å². The molecule has 0 saturated carbocycles. The number of imidazole rings is 1. The number of carbonyl (C=O) groups excluding carboxylic acids is 1. The number of benzene rings is 2. The van der Waals surface area contributed by atoms with Crippen molar-refractivity contribution in [2.45, 2.75) is 11.3 Å². The Bertz CT molecular complexity index is 884. The summed E-state index contributed by atoms with van der Waals surface area (Å²) in [5.74, 6) is 0.526. The van der Waals surface area contributed by atoms with Crippen molar-refractivity contribution in [3.63, 3.8) is 0 Å². The number of fused-ring (bicyclic) bond motifs is 1. The van der Waals surface area contributed by atoms with Gasteiger partial charge < -0.3 is 4.57 Å². The van der Waals surface area contributed by atoms with E-state index in [-0.39, 0.29) is 12.3 Å². The third-order valence-electron chi connectivity index (χ3n) is 3.72. The van der Waals surface area contributed by atoms with E-state index in [0.717, 1.165) is 16.6 Å². The van der Waals surface area contributed by atoms with Gasteiger partial charge >= 0.3 is 0 Å². The number of para-hydroxylation sites is 2. The molecule has 1 heterocycles. The van der Waals surface area contributed by atoms with Gasteiger partial charge in [0.2, 0.25) is 5.91 Å². The van der Waals surface area contributed by atoms with Gasteiger partial charge in [0.15, 0.2) is 0 Å². The van der Waals surface area contributed by atoms with Gasteiger partial charge in [-0.25, -0.2) is 10.4 Å². The van der Waals surface area contributed by atoms with Crippen molar-refractivity contribution in [1.29, 1.82) is 0 Å². The lowest BCUT2D eigenvalue weighted by atomic mass is 10.2. The van der Waals surface area contributed by atoms with Gasteiger partial charge in [0, 0.05) is 11.9 Å². The summed E-state index contributed by atoms with van der Waals surface area (Å²) in [6.45, 7) is 0. The summed E-state index contributed by atoms with van der Waals surface area (Å²) in [6, 6.07) is 15.8. The Labute approximate surface area is 144 Å². The van der Waals surface area contributed by atoms with Gasteiger partial charge in [0.1, 0.15) is 5.82 Å². The van der Waals surface area contributed by atoms with Crippen molar-refractivity contribution in [2.24, 2.45) is 12.1 Å². The molecule has 3 rings (SSSR count). The second-order valence-electron chi connectivity index (χ2n) is 5.32. The third-order valence-corrected chi connectivity index (χ3v) is 4.46. The minimum Gasteiger partial charge on any atom is -0.331 e. The SMILES string of the molecule is CSc1ccc(/C=N/NC(=O)Cc2nc3ccccc3n2C)cc1. The van der Waals surface area contributed by atoms with Crippen LogP contribution >= 0.6 is 11.8 Å². The number of hydrogen-bond donors (Lipinski definition) is 1. The Hall–Kier alpha value is -2.60. The molecule has 1 amide bonds. The molecule has 0 aliphatic rings. The van der Waals surface area contributed by atoms with Gasteiger partial charge in [-0.3, -0.25) is 4.79 Å². The topological polar surface area (TPSA) is 59.3 Å². The van der Waals surface area contributed by atoms with Crippen molar-refractivity contribution in [1.82, 2.24) is 15.0 Å². The molecule has 24 heavy (non-hydrogen) atoms. The summed E-state index contributed by atoms with van der Waals surface area (Å²) < 4.78 is 1.93. The first-order valence-corrected chi connectivity index (χ1v) is 8.76. The molecule has 1 N–H and O–H groups in total. The second-order valence-corrected chi connectivity index (χ2v) is 6.20. The van der Waals surface area contributed by atoms with E-state index in [4.69, 9.17) is 0 Å². The highest BCUT2D eigenvalue weighted by molar-refractivity contribution is 7.98. The van der Waals surface area contributed by atoms with Crippen molar-refractivity contribution in [3.05, 3.63) is 59.9 Å². The molecule has 1 aromatic heterocycles. The molecule has 0 spiro atoms. The van der Waals surface area contributed by atoms with Gasteiger partial charge in [0.05, 0.1) is 23.7 Å². The Morgan fingerprint density at radius 2 is 2.00 bits per heavy atom. The molecule has 0 fully saturated rings. The van der Waals surface area contributed by atoms with Crippen LogP contribution in [0.25, 0.3) is 11.0 Å². The molecule has 0 aliphatic heterocycles. The van der Waals surface area contributed by atoms with Crippen LogP contribution in [-0.4, -0.2) is 27.9 Å². The first-order chi connectivity index (χ1) is 11.7. The van der Waals surface area contributed by atoms with E-state index in [0.29, 0.717) is 5.82 Å². The summed E-state index contributed by atoms with van der Waals surface area (Å²) in [5, 5.41) is 4.01. The predicted octanol–water partition coefficient (Wildman–Crippen LogP) is 2.99. The summed E-state index contributed by atoms with van der Waals surface area (Å²) in [7, 11) is 1.91. The molecule has 3 aromatic rings. The monoisotopic (exact) mass is 338 g/mol. The summed E-state index contributed by atoms with van der Waals surface area (Å²) in [5.41, 5.74) is 5.39. The van der Waals surface area contributed by atoms with Crippen molar-refractivity contribution in [2.75, 3.05) is 6.26 Å². The number of nitrogens with one attached hydrogen (secondary N) is 1. The van der Waals surface area contributed by atoms with Crippen LogP contribution in [0.1, 0.15) is 11.4 Å². The number of nitrogens with zero attached hydrogens (tertiary/aromatic N) is 3. The van der Waals surface area contributed by atoms with Crippen LogP contribution < -0.4 is 5.43 Å². The molecule has 0 bridgehead atoms.